The monoisotopic (exact) mass is 384 g/mol. The molecule has 1 aromatic carbocycles. The Kier molecular flexibility index (Phi) is 7.04. The smallest absolute Gasteiger partial charge is 0.308 e. The number of rotatable bonds is 7. The van der Waals surface area contributed by atoms with Crippen LogP contribution in [0.25, 0.3) is 10.9 Å². The van der Waals surface area contributed by atoms with Crippen molar-refractivity contribution in [3.8, 4) is 11.5 Å². The van der Waals surface area contributed by atoms with E-state index < -0.39 is 11.5 Å². The number of carbonyl (C=O) groups excluding carboxylic acids is 1. The number of anilines is 1. The number of nitrogens with zero attached hydrogens (tertiary/aromatic N) is 1. The second-order valence-corrected chi connectivity index (χ2v) is 7.07. The molecule has 28 heavy (non-hydrogen) atoms. The molecule has 0 saturated heterocycles. The van der Waals surface area contributed by atoms with E-state index in [1.165, 1.54) is 22.6 Å². The van der Waals surface area contributed by atoms with Gasteiger partial charge < -0.3 is 19.8 Å². The van der Waals surface area contributed by atoms with Gasteiger partial charge in [0.1, 0.15) is 6.61 Å². The molecule has 0 unspecified atom stereocenters. The highest BCUT2D eigenvalue weighted by molar-refractivity contribution is 5.90. The van der Waals surface area contributed by atoms with Crippen LogP contribution in [0.2, 0.25) is 0 Å². The van der Waals surface area contributed by atoms with Gasteiger partial charge in [0.25, 0.3) is 5.56 Å². The summed E-state index contributed by atoms with van der Waals surface area (Å²) in [6.07, 6.45) is 6.06. The van der Waals surface area contributed by atoms with Crippen molar-refractivity contribution in [1.29, 1.82) is 0 Å². The Labute approximate surface area is 165 Å². The largest absolute Gasteiger partial charge is 0.485 e. The maximum atomic E-state index is 12.7. The van der Waals surface area contributed by atoms with E-state index in [9.17, 15) is 9.59 Å². The topological polar surface area (TPSA) is 83.5 Å². The Morgan fingerprint density at radius 1 is 1.14 bits per heavy atom. The van der Waals surface area contributed by atoms with Crippen molar-refractivity contribution in [3.05, 3.63) is 51.9 Å². The molecule has 6 heteroatoms. The van der Waals surface area contributed by atoms with Crippen LogP contribution in [0.3, 0.4) is 0 Å². The Hall–Kier alpha value is -3.02. The molecule has 0 aliphatic heterocycles. The summed E-state index contributed by atoms with van der Waals surface area (Å²) in [4.78, 5) is 24.2. The molecule has 0 radical (unpaired) electrons. The van der Waals surface area contributed by atoms with E-state index in [2.05, 4.69) is 19.9 Å². The zero-order chi connectivity index (χ0) is 20.8. The van der Waals surface area contributed by atoms with Gasteiger partial charge >= 0.3 is 5.97 Å². The van der Waals surface area contributed by atoms with E-state index >= 15 is 0 Å². The highest BCUT2D eigenvalue weighted by Gasteiger charge is 2.19. The standard InChI is InChI=1S/C22H28N2O4/c1-14(2)7-6-8-15(3)11-12-27-20-18-10-9-17(23)13-19(18)24(5)22(26)21(20)28-16(4)25/h7,9-11,13H,6,8,12,23H2,1-5H3/b15-11+. The minimum Gasteiger partial charge on any atom is -0.485 e. The molecular formula is C22H28N2O4. The van der Waals surface area contributed by atoms with E-state index in [4.69, 9.17) is 15.2 Å². The quantitative estimate of drug-likeness (QED) is 0.441. The van der Waals surface area contributed by atoms with Crippen molar-refractivity contribution < 1.29 is 14.3 Å². The zero-order valence-corrected chi connectivity index (χ0v) is 17.2. The Balaban J connectivity index is 2.38. The maximum Gasteiger partial charge on any atom is 0.308 e. The summed E-state index contributed by atoms with van der Waals surface area (Å²) in [7, 11) is 1.61. The molecular weight excluding hydrogens is 356 g/mol. The molecule has 0 saturated carbocycles. The Morgan fingerprint density at radius 2 is 1.86 bits per heavy atom. The second kappa shape index (κ2) is 9.26. The van der Waals surface area contributed by atoms with Gasteiger partial charge in [0, 0.05) is 25.0 Å². The number of aryl methyl sites for hydroxylation is 1. The number of hydrogen-bond acceptors (Lipinski definition) is 5. The maximum absolute atomic E-state index is 12.7. The van der Waals surface area contributed by atoms with Crippen LogP contribution in [0, 0.1) is 0 Å². The first-order chi connectivity index (χ1) is 13.2. The van der Waals surface area contributed by atoms with Gasteiger partial charge in [0.05, 0.1) is 5.52 Å². The van der Waals surface area contributed by atoms with E-state index in [1.807, 2.05) is 13.0 Å². The number of esters is 1. The van der Waals surface area contributed by atoms with E-state index in [1.54, 1.807) is 25.2 Å². The molecule has 0 fully saturated rings. The van der Waals surface area contributed by atoms with Gasteiger partial charge in [0.2, 0.25) is 5.75 Å². The number of nitrogens with two attached hydrogens (primary N) is 1. The fourth-order valence-electron chi connectivity index (χ4n) is 2.83. The number of allylic oxidation sites excluding steroid dienone is 3. The van der Waals surface area contributed by atoms with Crippen molar-refractivity contribution in [2.75, 3.05) is 12.3 Å². The first-order valence-corrected chi connectivity index (χ1v) is 9.23. The summed E-state index contributed by atoms with van der Waals surface area (Å²) in [5.74, 6) is -0.435. The summed E-state index contributed by atoms with van der Waals surface area (Å²) in [6.45, 7) is 7.71. The Bertz CT molecular complexity index is 996. The number of hydrogen-bond donors (Lipinski definition) is 1. The minimum absolute atomic E-state index is 0.108. The van der Waals surface area contributed by atoms with Gasteiger partial charge in [-0.1, -0.05) is 17.2 Å². The van der Waals surface area contributed by atoms with Crippen LogP contribution >= 0.6 is 0 Å². The summed E-state index contributed by atoms with van der Waals surface area (Å²) in [5.41, 5.74) is 9.03. The average Bonchev–Trinajstić information content (AvgIpc) is 2.61. The molecule has 150 valence electrons. The minimum atomic E-state index is -0.579. The number of nitrogen functional groups attached to an aromatic ring is 1. The fraction of sp³-hybridized carbons (Fsp3) is 0.364. The molecule has 0 aliphatic carbocycles. The van der Waals surface area contributed by atoms with Gasteiger partial charge in [-0.25, -0.2) is 0 Å². The highest BCUT2D eigenvalue weighted by atomic mass is 16.6. The third-order valence-corrected chi connectivity index (χ3v) is 4.33. The van der Waals surface area contributed by atoms with E-state index in [0.717, 1.165) is 12.8 Å². The summed E-state index contributed by atoms with van der Waals surface area (Å²) < 4.78 is 12.5. The molecule has 0 spiro atoms. The summed E-state index contributed by atoms with van der Waals surface area (Å²) in [5, 5.41) is 0.656. The average molecular weight is 384 g/mol. The SMILES string of the molecule is CC(=O)Oc1c(OC/C=C(\C)CCC=C(C)C)c2ccc(N)cc2n(C)c1=O. The van der Waals surface area contributed by atoms with Crippen molar-refractivity contribution >= 4 is 22.6 Å². The molecule has 2 rings (SSSR count). The lowest BCUT2D eigenvalue weighted by Gasteiger charge is -2.15. The molecule has 1 aromatic heterocycles. The Morgan fingerprint density at radius 3 is 2.50 bits per heavy atom. The van der Waals surface area contributed by atoms with Crippen LogP contribution in [0.4, 0.5) is 5.69 Å². The number of aromatic nitrogens is 1. The number of fused-ring (bicyclic) bond motifs is 1. The predicted octanol–water partition coefficient (Wildman–Crippen LogP) is 4.12. The first-order valence-electron chi connectivity index (χ1n) is 9.23. The van der Waals surface area contributed by atoms with Crippen LogP contribution in [0.1, 0.15) is 40.5 Å². The first kappa shape index (κ1) is 21.3. The lowest BCUT2D eigenvalue weighted by molar-refractivity contribution is -0.132. The molecule has 0 atom stereocenters. The molecule has 2 aromatic rings. The predicted molar refractivity (Wildman–Crippen MR) is 113 cm³/mol. The van der Waals surface area contributed by atoms with Crippen molar-refractivity contribution in [3.63, 3.8) is 0 Å². The van der Waals surface area contributed by atoms with Gasteiger partial charge in [-0.05, 0) is 57.9 Å². The van der Waals surface area contributed by atoms with Gasteiger partial charge in [0.15, 0.2) is 5.75 Å². The molecule has 0 bridgehead atoms. The van der Waals surface area contributed by atoms with Gasteiger partial charge in [-0.2, -0.15) is 0 Å². The van der Waals surface area contributed by atoms with Crippen molar-refractivity contribution in [2.45, 2.75) is 40.5 Å². The van der Waals surface area contributed by atoms with Crippen molar-refractivity contribution in [2.24, 2.45) is 7.05 Å². The molecule has 0 aliphatic rings. The third-order valence-electron chi connectivity index (χ3n) is 4.33. The van der Waals surface area contributed by atoms with Crippen LogP contribution in [0.15, 0.2) is 46.3 Å². The molecule has 1 heterocycles. The number of pyridine rings is 1. The highest BCUT2D eigenvalue weighted by Crippen LogP contribution is 2.33. The van der Waals surface area contributed by atoms with Crippen LogP contribution in [-0.4, -0.2) is 17.1 Å². The van der Waals surface area contributed by atoms with Crippen LogP contribution in [-0.2, 0) is 11.8 Å². The van der Waals surface area contributed by atoms with E-state index in [-0.39, 0.29) is 18.1 Å². The van der Waals surface area contributed by atoms with E-state index in [0.29, 0.717) is 16.6 Å². The lowest BCUT2D eigenvalue weighted by Crippen LogP contribution is -2.22. The van der Waals surface area contributed by atoms with Gasteiger partial charge in [-0.15, -0.1) is 0 Å². The molecule has 2 N–H and O–H groups in total. The van der Waals surface area contributed by atoms with Crippen LogP contribution < -0.4 is 20.8 Å². The lowest BCUT2D eigenvalue weighted by atomic mass is 10.1. The van der Waals surface area contributed by atoms with Crippen LogP contribution in [0.5, 0.6) is 11.5 Å². The zero-order valence-electron chi connectivity index (χ0n) is 17.2. The van der Waals surface area contributed by atoms with Crippen molar-refractivity contribution in [1.82, 2.24) is 4.57 Å². The summed E-state index contributed by atoms with van der Waals surface area (Å²) >= 11 is 0. The molecule has 6 nitrogen and oxygen atoms in total. The molecule has 0 amide bonds. The second-order valence-electron chi connectivity index (χ2n) is 7.07. The number of carbonyl (C=O) groups is 1. The fourth-order valence-corrected chi connectivity index (χ4v) is 2.83. The number of ether oxygens (including phenoxy) is 2. The summed E-state index contributed by atoms with van der Waals surface area (Å²) in [6, 6.07) is 5.18. The van der Waals surface area contributed by atoms with Gasteiger partial charge in [-0.3, -0.25) is 9.59 Å². The third kappa shape index (κ3) is 5.25. The number of benzene rings is 1. The normalized spacial score (nSPS) is 11.4.